The first-order valence-electron chi connectivity index (χ1n) is 18.3. The third-order valence-electron chi connectivity index (χ3n) is 10.5. The molecule has 4 aliphatic rings. The Morgan fingerprint density at radius 2 is 1.71 bits per heavy atom. The Labute approximate surface area is 310 Å². The summed E-state index contributed by atoms with van der Waals surface area (Å²) < 4.78 is 55.2. The highest BCUT2D eigenvalue weighted by Gasteiger charge is 2.44. The molecule has 6 rings (SSSR count). The van der Waals surface area contributed by atoms with Crippen molar-refractivity contribution in [3.05, 3.63) is 57.3 Å². The Bertz CT molecular complexity index is 1680. The summed E-state index contributed by atoms with van der Waals surface area (Å²) in [6.07, 6.45) is 0.439. The molecule has 5 heterocycles. The van der Waals surface area contributed by atoms with Gasteiger partial charge in [0.15, 0.2) is 0 Å². The predicted molar refractivity (Wildman–Crippen MR) is 207 cm³/mol. The number of thioether (sulfide) groups is 1. The van der Waals surface area contributed by atoms with E-state index in [1.165, 1.54) is 11.1 Å². The van der Waals surface area contributed by atoms with E-state index in [2.05, 4.69) is 49.4 Å². The van der Waals surface area contributed by atoms with E-state index in [9.17, 15) is 22.6 Å². The van der Waals surface area contributed by atoms with E-state index in [0.717, 1.165) is 119 Å². The van der Waals surface area contributed by atoms with Gasteiger partial charge in [-0.3, -0.25) is 14.8 Å². The maximum Gasteiger partial charge on any atom is 0.393 e. The summed E-state index contributed by atoms with van der Waals surface area (Å²) in [6, 6.07) is 8.84. The number of benzene rings is 1. The number of aromatic nitrogens is 1. The van der Waals surface area contributed by atoms with E-state index < -0.39 is 23.6 Å². The maximum atomic E-state index is 13.1. The number of aliphatic imine (C=N–C) groups is 1. The second-order valence-corrected chi connectivity index (χ2v) is 15.9. The Morgan fingerprint density at radius 1 is 1.02 bits per heavy atom. The highest BCUT2D eigenvalue weighted by molar-refractivity contribution is 8.18. The van der Waals surface area contributed by atoms with Gasteiger partial charge in [0.2, 0.25) is 0 Å². The zero-order chi connectivity index (χ0) is 37.5. The lowest BCUT2D eigenvalue weighted by Gasteiger charge is -2.33. The predicted octanol–water partition coefficient (Wildman–Crippen LogP) is 7.57. The smallest absolute Gasteiger partial charge is 0.374 e. The van der Waals surface area contributed by atoms with Crippen molar-refractivity contribution in [1.29, 1.82) is 5.26 Å². The molecule has 1 spiro atoms. The number of piperazine rings is 1. The van der Waals surface area contributed by atoms with Crippen LogP contribution in [0.2, 0.25) is 0 Å². The van der Waals surface area contributed by atoms with E-state index in [0.29, 0.717) is 15.6 Å². The van der Waals surface area contributed by atoms with Gasteiger partial charge in [-0.05, 0) is 62.6 Å². The molecule has 0 amide bonds. The van der Waals surface area contributed by atoms with Crippen molar-refractivity contribution < 1.29 is 17.4 Å². The number of aryl methyl sites for hydroxylation is 1. The number of halogens is 3. The van der Waals surface area contributed by atoms with Gasteiger partial charge < -0.3 is 9.47 Å². The van der Waals surface area contributed by atoms with Gasteiger partial charge in [0.25, 0.3) is 0 Å². The molecule has 2 atom stereocenters. The molecular formula is C38H56F3N7OS2. The van der Waals surface area contributed by atoms with Gasteiger partial charge in [-0.25, -0.2) is 8.51 Å². The van der Waals surface area contributed by atoms with Gasteiger partial charge >= 0.3 is 6.18 Å². The minimum Gasteiger partial charge on any atom is -0.374 e. The zero-order valence-electron chi connectivity index (χ0n) is 31.7. The zero-order valence-corrected chi connectivity index (χ0v) is 33.3. The Hall–Kier alpha value is -2.63. The number of fused-ring (bicyclic) bond motifs is 1. The topological polar surface area (TPSA) is 71.1 Å². The number of hydrogen-bond acceptors (Lipinski definition) is 7. The van der Waals surface area contributed by atoms with Crippen LogP contribution in [-0.2, 0) is 24.1 Å². The highest BCUT2D eigenvalue weighted by atomic mass is 32.2. The fraction of sp³-hybridized carbons (Fsp3) is 0.632. The van der Waals surface area contributed by atoms with Crippen LogP contribution in [0.5, 0.6) is 0 Å². The molecule has 0 bridgehead atoms. The molecule has 0 aliphatic carbocycles. The van der Waals surface area contributed by atoms with Crippen LogP contribution in [0, 0.1) is 23.7 Å². The molecule has 8 nitrogen and oxygen atoms in total. The lowest BCUT2D eigenvalue weighted by molar-refractivity contribution is -0.125. The molecule has 0 radical (unpaired) electrons. The average molecular weight is 748 g/mol. The summed E-state index contributed by atoms with van der Waals surface area (Å²) in [7, 11) is 0.722. The summed E-state index contributed by atoms with van der Waals surface area (Å²) in [4.78, 5) is 11.9. The molecule has 282 valence electrons. The van der Waals surface area contributed by atoms with Crippen LogP contribution in [0.15, 0.2) is 45.4 Å². The van der Waals surface area contributed by atoms with Crippen LogP contribution in [0.4, 0.5) is 13.2 Å². The molecule has 1 aromatic carbocycles. The lowest BCUT2D eigenvalue weighted by atomic mass is 9.86. The molecule has 3 saturated heterocycles. The highest BCUT2D eigenvalue weighted by Crippen LogP contribution is 2.44. The second kappa shape index (κ2) is 17.9. The number of allylic oxidation sites excluding steroid dienone is 3. The number of nitriles is 1. The first kappa shape index (κ1) is 41.1. The van der Waals surface area contributed by atoms with E-state index in [1.807, 2.05) is 45.0 Å². The van der Waals surface area contributed by atoms with E-state index >= 15 is 0 Å². The van der Waals surface area contributed by atoms with E-state index in [4.69, 9.17) is 0 Å². The van der Waals surface area contributed by atoms with Crippen LogP contribution < -0.4 is 0 Å². The summed E-state index contributed by atoms with van der Waals surface area (Å²) >= 11 is 1.14. The fourth-order valence-corrected chi connectivity index (χ4v) is 9.49. The molecule has 51 heavy (non-hydrogen) atoms. The van der Waals surface area contributed by atoms with Crippen LogP contribution in [0.3, 0.4) is 0 Å². The van der Waals surface area contributed by atoms with Crippen LogP contribution in [-0.4, -0.2) is 111 Å². The third-order valence-corrected chi connectivity index (χ3v) is 12.7. The number of nitrogens with zero attached hydrogens (tertiary/aromatic N) is 7. The van der Waals surface area contributed by atoms with Crippen LogP contribution in [0.1, 0.15) is 70.7 Å². The Morgan fingerprint density at radius 3 is 2.33 bits per heavy atom. The molecule has 0 N–H and O–H groups in total. The van der Waals surface area contributed by atoms with Gasteiger partial charge in [-0.15, -0.1) is 0 Å². The SMILES string of the molecule is CC.CC.CN=C1SC(CC(F)(F)F)=C/C1=C(/C)N1CCC2(CCN(Cc3ccc4c(cc(C#N)n4CCN4CCN(S(C)=O)CC4)c3C)C2)C1. The van der Waals surface area contributed by atoms with Crippen molar-refractivity contribution in [3.8, 4) is 6.07 Å². The van der Waals surface area contributed by atoms with Crippen molar-refractivity contribution in [2.45, 2.75) is 80.1 Å². The molecule has 4 aliphatic heterocycles. The van der Waals surface area contributed by atoms with Gasteiger partial charge in [0.05, 0.1) is 17.4 Å². The maximum absolute atomic E-state index is 13.1. The summed E-state index contributed by atoms with van der Waals surface area (Å²) in [6.45, 7) is 21.8. The molecule has 13 heteroatoms. The average Bonchev–Trinajstić information content (AvgIpc) is 3.91. The molecule has 0 saturated carbocycles. The summed E-state index contributed by atoms with van der Waals surface area (Å²) in [5.74, 6) is 0. The van der Waals surface area contributed by atoms with Crippen molar-refractivity contribution in [1.82, 2.24) is 23.6 Å². The Balaban J connectivity index is 0.00000141. The van der Waals surface area contributed by atoms with Crippen LogP contribution in [0.25, 0.3) is 10.9 Å². The summed E-state index contributed by atoms with van der Waals surface area (Å²) in [5.41, 5.74) is 6.29. The largest absolute Gasteiger partial charge is 0.393 e. The first-order valence-corrected chi connectivity index (χ1v) is 20.6. The minimum atomic E-state index is -4.23. The molecule has 2 aromatic rings. The number of hydrogen-bond donors (Lipinski definition) is 0. The van der Waals surface area contributed by atoms with Crippen molar-refractivity contribution in [2.75, 3.05) is 72.2 Å². The van der Waals surface area contributed by atoms with Crippen molar-refractivity contribution >= 4 is 38.7 Å². The van der Waals surface area contributed by atoms with E-state index in [1.54, 1.807) is 19.4 Å². The minimum absolute atomic E-state index is 0.169. The quantitative estimate of drug-likeness (QED) is 0.278. The first-order chi connectivity index (χ1) is 24.4. The van der Waals surface area contributed by atoms with Gasteiger partial charge in [-0.2, -0.15) is 18.4 Å². The summed E-state index contributed by atoms with van der Waals surface area (Å²) in [5, 5.41) is 11.8. The third kappa shape index (κ3) is 9.68. The fourth-order valence-electron chi connectivity index (χ4n) is 7.75. The number of rotatable bonds is 8. The number of likely N-dealkylation sites (tertiary alicyclic amines) is 2. The lowest BCUT2D eigenvalue weighted by Crippen LogP contribution is -2.47. The van der Waals surface area contributed by atoms with Gasteiger partial charge in [0.1, 0.15) is 16.8 Å². The normalized spacial score (nSPS) is 24.0. The van der Waals surface area contributed by atoms with Crippen LogP contribution >= 0.6 is 11.8 Å². The molecule has 2 unspecified atom stereocenters. The molecule has 3 fully saturated rings. The number of alkyl halides is 3. The second-order valence-electron chi connectivity index (χ2n) is 13.4. The monoisotopic (exact) mass is 747 g/mol. The standard InChI is InChI=1S/C34H44F3N7OS2.2C2H6/c1-24-26(5-6-31-29(24)17-27(20-38)44(31)16-13-40-11-14-43(15-12-40)47(4)45)21-41-9-7-33(22-41)8-10-42(23-33)25(2)30-18-28(19-34(35,36)37)46-32(30)39-3;2*1-2/h5-6,17-18H,7-16,19,21-23H2,1-4H3;2*1-2H3/b30-25+,39-32?;;. The van der Waals surface area contributed by atoms with Crippen molar-refractivity contribution in [2.24, 2.45) is 10.4 Å². The van der Waals surface area contributed by atoms with Gasteiger partial charge in [-0.1, -0.05) is 45.5 Å². The van der Waals surface area contributed by atoms with E-state index in [-0.39, 0.29) is 5.41 Å². The molecule has 1 aromatic heterocycles. The van der Waals surface area contributed by atoms with Gasteiger partial charge in [0, 0.05) is 111 Å². The molecular weight excluding hydrogens is 692 g/mol. The van der Waals surface area contributed by atoms with Crippen molar-refractivity contribution in [3.63, 3.8) is 0 Å². The Kier molecular flexibility index (Phi) is 14.5.